The molecular weight excluding hydrogens is 324 g/mol. The van der Waals surface area contributed by atoms with Gasteiger partial charge in [-0.15, -0.1) is 0 Å². The lowest BCUT2D eigenvalue weighted by molar-refractivity contribution is 1.27. The largest absolute Gasteiger partial charge is 0.271 e. The van der Waals surface area contributed by atoms with Crippen LogP contribution >= 0.6 is 39.3 Å². The lowest BCUT2D eigenvalue weighted by atomic mass is 10.2. The average Bonchev–Trinajstić information content (AvgIpc) is 2.33. The zero-order valence-electron chi connectivity index (χ0n) is 8.66. The Hall–Kier alpha value is -1.21. The van der Waals surface area contributed by atoms with E-state index in [1.165, 1.54) is 11.8 Å². The fraction of sp³-hybridized carbons (Fsp3) is 0.100. The van der Waals surface area contributed by atoms with Gasteiger partial charge in [-0.2, -0.15) is 10.5 Å². The van der Waals surface area contributed by atoms with Gasteiger partial charge in [-0.3, -0.25) is 5.32 Å². The monoisotopic (exact) mass is 328 g/mol. The van der Waals surface area contributed by atoms with Gasteiger partial charge in [-0.25, -0.2) is 4.99 Å². The number of rotatable bonds is 1. The van der Waals surface area contributed by atoms with Crippen LogP contribution in [0.5, 0.6) is 0 Å². The number of hydrogen-bond donors (Lipinski definition) is 1. The Morgan fingerprint density at radius 3 is 2.76 bits per heavy atom. The van der Waals surface area contributed by atoms with E-state index in [9.17, 15) is 0 Å². The minimum absolute atomic E-state index is 0.258. The van der Waals surface area contributed by atoms with Gasteiger partial charge in [0.1, 0.15) is 11.8 Å². The summed E-state index contributed by atoms with van der Waals surface area (Å²) in [6, 6.07) is 5.26. The van der Waals surface area contributed by atoms with E-state index in [0.29, 0.717) is 20.9 Å². The topological polar surface area (TPSA) is 72.0 Å². The number of nitriles is 2. The highest BCUT2D eigenvalue weighted by molar-refractivity contribution is 9.10. The van der Waals surface area contributed by atoms with Gasteiger partial charge in [-0.05, 0) is 34.3 Å². The first kappa shape index (κ1) is 13.9. The summed E-state index contributed by atoms with van der Waals surface area (Å²) in [6.07, 6.45) is 3.56. The van der Waals surface area contributed by atoms with E-state index in [1.807, 2.05) is 6.07 Å². The average molecular weight is 330 g/mol. The summed E-state index contributed by atoms with van der Waals surface area (Å²) >= 11 is 10.6. The zero-order valence-corrected chi connectivity index (χ0v) is 11.8. The molecule has 0 saturated carbocycles. The molecule has 4 nitrogen and oxygen atoms in total. The highest BCUT2D eigenvalue weighted by atomic mass is 79.9. The number of nitrogens with one attached hydrogen (secondary N) is 1. The third-order valence-corrected chi connectivity index (χ3v) is 3.36. The molecule has 0 amide bonds. The summed E-state index contributed by atoms with van der Waals surface area (Å²) in [4.78, 5) is 4.19. The van der Waals surface area contributed by atoms with E-state index in [0.717, 1.165) is 0 Å². The minimum atomic E-state index is 0.258. The summed E-state index contributed by atoms with van der Waals surface area (Å²) in [5, 5.41) is 20.5. The second-order valence-corrected chi connectivity index (χ2v) is 4.75. The summed E-state index contributed by atoms with van der Waals surface area (Å²) in [5.41, 5.74) is 0.767. The van der Waals surface area contributed by atoms with E-state index in [4.69, 9.17) is 22.1 Å². The minimum Gasteiger partial charge on any atom is -0.271 e. The van der Waals surface area contributed by atoms with E-state index in [1.54, 1.807) is 24.6 Å². The number of benzene rings is 1. The Morgan fingerprint density at radius 2 is 2.24 bits per heavy atom. The maximum Gasteiger partial charge on any atom is 0.183 e. The van der Waals surface area contributed by atoms with Crippen LogP contribution < -0.4 is 5.32 Å². The molecule has 7 heteroatoms. The predicted octanol–water partition coefficient (Wildman–Crippen LogP) is 3.40. The van der Waals surface area contributed by atoms with Gasteiger partial charge in [0.25, 0.3) is 0 Å². The summed E-state index contributed by atoms with van der Waals surface area (Å²) in [6.45, 7) is 0. The SMILES string of the molecule is CSC(=Nc1c(Br)ccc(C#N)c1Cl)NC#N. The normalized spacial score (nSPS) is 10.5. The van der Waals surface area contributed by atoms with Gasteiger partial charge in [0, 0.05) is 4.47 Å². The second kappa shape index (κ2) is 6.51. The molecule has 1 N–H and O–H groups in total. The molecule has 0 atom stereocenters. The molecule has 0 aliphatic rings. The van der Waals surface area contributed by atoms with Crippen LogP contribution in [-0.4, -0.2) is 11.4 Å². The fourth-order valence-corrected chi connectivity index (χ4v) is 2.12. The van der Waals surface area contributed by atoms with Gasteiger partial charge < -0.3 is 0 Å². The predicted molar refractivity (Wildman–Crippen MR) is 73.2 cm³/mol. The lowest BCUT2D eigenvalue weighted by Crippen LogP contribution is -2.12. The van der Waals surface area contributed by atoms with Crippen LogP contribution in [0.4, 0.5) is 5.69 Å². The molecule has 86 valence electrons. The van der Waals surface area contributed by atoms with Gasteiger partial charge >= 0.3 is 0 Å². The van der Waals surface area contributed by atoms with Crippen molar-refractivity contribution in [1.82, 2.24) is 5.32 Å². The van der Waals surface area contributed by atoms with Crippen LogP contribution in [0.15, 0.2) is 21.6 Å². The Labute approximate surface area is 116 Å². The molecule has 0 fully saturated rings. The van der Waals surface area contributed by atoms with E-state index >= 15 is 0 Å². The molecule has 0 unspecified atom stereocenters. The molecular formula is C10H6BrClN4S. The molecule has 0 bridgehead atoms. The first-order valence-electron chi connectivity index (χ1n) is 4.30. The Kier molecular flexibility index (Phi) is 5.30. The van der Waals surface area contributed by atoms with Gasteiger partial charge in [0.15, 0.2) is 11.4 Å². The van der Waals surface area contributed by atoms with Crippen molar-refractivity contribution in [3.63, 3.8) is 0 Å². The number of halogens is 2. The van der Waals surface area contributed by atoms with Crippen LogP contribution in [0.25, 0.3) is 0 Å². The Morgan fingerprint density at radius 1 is 1.53 bits per heavy atom. The van der Waals surface area contributed by atoms with Gasteiger partial charge in [0.05, 0.1) is 10.6 Å². The van der Waals surface area contributed by atoms with Crippen molar-refractivity contribution in [2.75, 3.05) is 6.26 Å². The van der Waals surface area contributed by atoms with Crippen molar-refractivity contribution in [3.05, 3.63) is 27.2 Å². The number of nitrogens with zero attached hydrogens (tertiary/aromatic N) is 3. The van der Waals surface area contributed by atoms with Crippen molar-refractivity contribution in [3.8, 4) is 12.3 Å². The van der Waals surface area contributed by atoms with Crippen LogP contribution in [0.3, 0.4) is 0 Å². The quantitative estimate of drug-likeness (QED) is 0.371. The maximum atomic E-state index is 8.86. The molecule has 0 radical (unpaired) electrons. The van der Waals surface area contributed by atoms with E-state index in [2.05, 4.69) is 26.2 Å². The molecule has 0 aliphatic heterocycles. The van der Waals surface area contributed by atoms with E-state index in [-0.39, 0.29) is 5.02 Å². The molecule has 0 aliphatic carbocycles. The summed E-state index contributed by atoms with van der Waals surface area (Å²) in [7, 11) is 0. The number of hydrogen-bond acceptors (Lipinski definition) is 4. The molecule has 17 heavy (non-hydrogen) atoms. The first-order chi connectivity index (χ1) is 8.13. The van der Waals surface area contributed by atoms with E-state index < -0.39 is 0 Å². The maximum absolute atomic E-state index is 8.86. The molecule has 1 aromatic rings. The fourth-order valence-electron chi connectivity index (χ4n) is 1.00. The third-order valence-electron chi connectivity index (χ3n) is 1.76. The standard InChI is InChI=1S/C10H6BrClN4S/c1-17-10(15-5-14)16-9-7(11)3-2-6(4-13)8(9)12/h2-3H,1H3,(H,15,16). The van der Waals surface area contributed by atoms with Crippen LogP contribution in [0, 0.1) is 22.8 Å². The summed E-state index contributed by atoms with van der Waals surface area (Å²) in [5.74, 6) is 0. The van der Waals surface area contributed by atoms with Gasteiger partial charge in [0.2, 0.25) is 0 Å². The Bertz CT molecular complexity index is 544. The highest BCUT2D eigenvalue weighted by Crippen LogP contribution is 2.36. The molecule has 0 saturated heterocycles. The van der Waals surface area contributed by atoms with Crippen LogP contribution in [0.2, 0.25) is 5.02 Å². The lowest BCUT2D eigenvalue weighted by Gasteiger charge is -2.05. The van der Waals surface area contributed by atoms with Crippen LogP contribution in [0.1, 0.15) is 5.56 Å². The van der Waals surface area contributed by atoms with Gasteiger partial charge in [-0.1, -0.05) is 23.4 Å². The first-order valence-corrected chi connectivity index (χ1v) is 6.69. The number of aliphatic imine (C=N–C) groups is 1. The number of amidine groups is 1. The highest BCUT2D eigenvalue weighted by Gasteiger charge is 2.10. The molecule has 1 rings (SSSR count). The zero-order chi connectivity index (χ0) is 12.8. The summed E-state index contributed by atoms with van der Waals surface area (Å²) < 4.78 is 0.660. The van der Waals surface area contributed by atoms with Crippen molar-refractivity contribution in [2.24, 2.45) is 4.99 Å². The van der Waals surface area contributed by atoms with Crippen LogP contribution in [-0.2, 0) is 0 Å². The molecule has 0 spiro atoms. The third kappa shape index (κ3) is 3.37. The molecule has 0 aromatic heterocycles. The molecule has 1 aromatic carbocycles. The van der Waals surface area contributed by atoms with Crippen molar-refractivity contribution >= 4 is 50.1 Å². The Balaban J connectivity index is 3.32. The van der Waals surface area contributed by atoms with Crippen molar-refractivity contribution in [2.45, 2.75) is 0 Å². The molecule has 0 heterocycles. The second-order valence-electron chi connectivity index (χ2n) is 2.73. The number of thioether (sulfide) groups is 1. The smallest absolute Gasteiger partial charge is 0.183 e. The van der Waals surface area contributed by atoms with Crippen molar-refractivity contribution in [1.29, 1.82) is 10.5 Å². The van der Waals surface area contributed by atoms with Crippen molar-refractivity contribution < 1.29 is 0 Å².